The molecule has 1 aliphatic heterocycles. The second-order valence-corrected chi connectivity index (χ2v) is 7.78. The highest BCUT2D eigenvalue weighted by atomic mass is 15.1. The Bertz CT molecular complexity index is 916. The van der Waals surface area contributed by atoms with Crippen molar-refractivity contribution in [3.05, 3.63) is 95.6 Å². The van der Waals surface area contributed by atoms with Crippen LogP contribution in [-0.4, -0.2) is 37.5 Å². The molecule has 2 heteroatoms. The molecule has 2 nitrogen and oxygen atoms in total. The van der Waals surface area contributed by atoms with Gasteiger partial charge in [0.1, 0.15) is 14.1 Å². The maximum atomic E-state index is 2.52. The molecule has 0 atom stereocenters. The summed E-state index contributed by atoms with van der Waals surface area (Å²) in [6.45, 7) is 2.36. The Morgan fingerprint density at radius 3 is 1.93 bits per heavy atom. The maximum absolute atomic E-state index is 2.52. The van der Waals surface area contributed by atoms with Gasteiger partial charge in [-0.2, -0.15) is 0 Å². The van der Waals surface area contributed by atoms with E-state index in [1.54, 1.807) is 0 Å². The minimum absolute atomic E-state index is 1.18. The van der Waals surface area contributed by atoms with Crippen molar-refractivity contribution in [2.45, 2.75) is 19.3 Å². The summed E-state index contributed by atoms with van der Waals surface area (Å²) in [5, 5.41) is 0. The normalized spacial score (nSPS) is 16.4. The fraction of sp³-hybridized carbons (Fsp3) is 0.269. The van der Waals surface area contributed by atoms with Gasteiger partial charge in [-0.25, -0.2) is 4.58 Å². The van der Waals surface area contributed by atoms with Gasteiger partial charge < -0.3 is 4.90 Å². The Hall–Kier alpha value is -2.87. The van der Waals surface area contributed by atoms with E-state index < -0.39 is 0 Å². The van der Waals surface area contributed by atoms with Crippen molar-refractivity contribution in [3.63, 3.8) is 0 Å². The largest absolute Gasteiger partial charge is 0.372 e. The number of benzene rings is 2. The molecule has 0 bridgehead atoms. The zero-order valence-electron chi connectivity index (χ0n) is 16.9. The van der Waals surface area contributed by atoms with Crippen LogP contribution in [0, 0.1) is 0 Å². The van der Waals surface area contributed by atoms with Crippen LogP contribution in [0.4, 0.5) is 5.69 Å². The van der Waals surface area contributed by atoms with E-state index in [4.69, 9.17) is 0 Å². The molecule has 1 saturated heterocycles. The van der Waals surface area contributed by atoms with E-state index in [-0.39, 0.29) is 0 Å². The van der Waals surface area contributed by atoms with Gasteiger partial charge in [0.05, 0.1) is 0 Å². The molecule has 0 amide bonds. The van der Waals surface area contributed by atoms with Crippen LogP contribution in [-0.2, 0) is 0 Å². The van der Waals surface area contributed by atoms with Gasteiger partial charge in [0, 0.05) is 30.9 Å². The van der Waals surface area contributed by atoms with Crippen molar-refractivity contribution in [3.8, 4) is 0 Å². The first-order valence-electron chi connectivity index (χ1n) is 10.3. The van der Waals surface area contributed by atoms with Crippen molar-refractivity contribution in [1.29, 1.82) is 0 Å². The Kier molecular flexibility index (Phi) is 5.57. The zero-order valence-corrected chi connectivity index (χ0v) is 16.9. The van der Waals surface area contributed by atoms with E-state index in [0.717, 1.165) is 0 Å². The lowest BCUT2D eigenvalue weighted by Crippen LogP contribution is -2.29. The number of allylic oxidation sites excluding steroid dienone is 5. The second-order valence-electron chi connectivity index (χ2n) is 7.78. The number of anilines is 1. The summed E-state index contributed by atoms with van der Waals surface area (Å²) in [7, 11) is 4.16. The van der Waals surface area contributed by atoms with Crippen LogP contribution in [0.1, 0.15) is 30.4 Å². The van der Waals surface area contributed by atoms with Gasteiger partial charge in [0.2, 0.25) is 0 Å². The predicted molar refractivity (Wildman–Crippen MR) is 120 cm³/mol. The Morgan fingerprint density at radius 2 is 1.32 bits per heavy atom. The van der Waals surface area contributed by atoms with Crippen molar-refractivity contribution >= 4 is 17.0 Å². The monoisotopic (exact) mass is 369 g/mol. The molecule has 1 fully saturated rings. The summed E-state index contributed by atoms with van der Waals surface area (Å²) in [4.78, 5) is 2.52. The van der Waals surface area contributed by atoms with Crippen molar-refractivity contribution in [2.75, 3.05) is 32.1 Å². The smallest absolute Gasteiger partial charge is 0.199 e. The quantitative estimate of drug-likeness (QED) is 0.664. The fourth-order valence-electron chi connectivity index (χ4n) is 4.02. The lowest BCUT2D eigenvalue weighted by molar-refractivity contribution is -0.462. The van der Waals surface area contributed by atoms with Crippen molar-refractivity contribution in [2.24, 2.45) is 0 Å². The second kappa shape index (κ2) is 8.43. The molecule has 28 heavy (non-hydrogen) atoms. The van der Waals surface area contributed by atoms with Gasteiger partial charge in [0.25, 0.3) is 0 Å². The van der Waals surface area contributed by atoms with E-state index in [1.165, 1.54) is 66.0 Å². The minimum Gasteiger partial charge on any atom is -0.372 e. The molecule has 0 unspecified atom stereocenters. The molecular weight excluding hydrogens is 340 g/mol. The number of hydrogen-bond acceptors (Lipinski definition) is 1. The third-order valence-corrected chi connectivity index (χ3v) is 5.61. The molecule has 2 aromatic carbocycles. The molecule has 0 spiro atoms. The highest BCUT2D eigenvalue weighted by molar-refractivity contribution is 6.03. The summed E-state index contributed by atoms with van der Waals surface area (Å²) in [5.41, 5.74) is 7.63. The molecule has 0 aromatic heterocycles. The highest BCUT2D eigenvalue weighted by Gasteiger charge is 2.14. The summed E-state index contributed by atoms with van der Waals surface area (Å²) in [6, 6.07) is 19.9. The summed E-state index contributed by atoms with van der Waals surface area (Å²) < 4.78 is 2.14. The van der Waals surface area contributed by atoms with Gasteiger partial charge in [-0.15, -0.1) is 0 Å². The van der Waals surface area contributed by atoms with E-state index in [0.29, 0.717) is 0 Å². The standard InChI is InChI=1S/C26H29N2/c1-27(2)24-15-11-22(12-16-24)26(21-9-5-3-6-10-21)23-13-17-25(18-14-23)28-19-7-4-8-20-28/h3,5-6,9-18H,4,7-8,19-20H2,1-2H3/q+1. The van der Waals surface area contributed by atoms with E-state index in [9.17, 15) is 0 Å². The number of rotatable bonds is 3. The number of hydrogen-bond donors (Lipinski definition) is 0. The van der Waals surface area contributed by atoms with Crippen molar-refractivity contribution in [1.82, 2.24) is 0 Å². The van der Waals surface area contributed by atoms with Gasteiger partial charge in [0.15, 0.2) is 5.71 Å². The molecule has 0 N–H and O–H groups in total. The van der Waals surface area contributed by atoms with Crippen molar-refractivity contribution < 1.29 is 4.58 Å². The number of piperidine rings is 1. The summed E-state index contributed by atoms with van der Waals surface area (Å²) in [6.07, 6.45) is 12.8. The van der Waals surface area contributed by atoms with Crippen LogP contribution < -0.4 is 4.90 Å². The molecular formula is C26H29N2+. The van der Waals surface area contributed by atoms with E-state index in [2.05, 4.69) is 102 Å². The van der Waals surface area contributed by atoms with E-state index in [1.807, 2.05) is 0 Å². The fourth-order valence-corrected chi connectivity index (χ4v) is 4.02. The molecule has 2 aliphatic rings. The van der Waals surface area contributed by atoms with Gasteiger partial charge in [-0.3, -0.25) is 0 Å². The topological polar surface area (TPSA) is 6.25 Å². The Labute approximate surface area is 168 Å². The predicted octanol–water partition coefficient (Wildman–Crippen LogP) is 5.32. The highest BCUT2D eigenvalue weighted by Crippen LogP contribution is 2.31. The van der Waals surface area contributed by atoms with Crippen LogP contribution in [0.25, 0.3) is 5.57 Å². The van der Waals surface area contributed by atoms with E-state index >= 15 is 0 Å². The van der Waals surface area contributed by atoms with Crippen LogP contribution in [0.5, 0.6) is 0 Å². The molecule has 2 aromatic rings. The first kappa shape index (κ1) is 18.5. The van der Waals surface area contributed by atoms with Crippen LogP contribution in [0.2, 0.25) is 0 Å². The zero-order chi connectivity index (χ0) is 19.3. The average molecular weight is 370 g/mol. The molecule has 0 saturated carbocycles. The number of nitrogens with zero attached hydrogens (tertiary/aromatic N) is 2. The molecule has 0 radical (unpaired) electrons. The van der Waals surface area contributed by atoms with Crippen LogP contribution in [0.3, 0.4) is 0 Å². The van der Waals surface area contributed by atoms with Gasteiger partial charge in [-0.05, 0) is 65.8 Å². The minimum atomic E-state index is 1.18. The summed E-state index contributed by atoms with van der Waals surface area (Å²) >= 11 is 0. The average Bonchev–Trinajstić information content (AvgIpc) is 2.76. The van der Waals surface area contributed by atoms with Crippen LogP contribution in [0.15, 0.2) is 84.5 Å². The maximum Gasteiger partial charge on any atom is 0.199 e. The molecule has 1 aliphatic carbocycles. The van der Waals surface area contributed by atoms with Gasteiger partial charge >= 0.3 is 0 Å². The first-order valence-corrected chi connectivity index (χ1v) is 10.3. The molecule has 142 valence electrons. The molecule has 1 heterocycles. The first-order chi connectivity index (χ1) is 13.7. The Balaban J connectivity index is 1.73. The Morgan fingerprint density at radius 1 is 0.714 bits per heavy atom. The lowest BCUT2D eigenvalue weighted by atomic mass is 9.90. The van der Waals surface area contributed by atoms with Gasteiger partial charge in [-0.1, -0.05) is 42.5 Å². The SMILES string of the molecule is C[N+](C)=C1C=CC(=C(c2ccccc2)c2ccc(N3CCCCC3)cc2)C=C1. The third-order valence-electron chi connectivity index (χ3n) is 5.61. The molecule has 4 rings (SSSR count). The lowest BCUT2D eigenvalue weighted by Gasteiger charge is -2.29. The third kappa shape index (κ3) is 4.01. The van der Waals surface area contributed by atoms with Crippen LogP contribution >= 0.6 is 0 Å². The summed E-state index contributed by atoms with van der Waals surface area (Å²) in [5.74, 6) is 0.